The summed E-state index contributed by atoms with van der Waals surface area (Å²) in [5, 5.41) is 0. The minimum Gasteiger partial charge on any atom is -0.299 e. The molecule has 0 saturated carbocycles. The van der Waals surface area contributed by atoms with Crippen LogP contribution in [0.1, 0.15) is 5.56 Å². The zero-order valence-electron chi connectivity index (χ0n) is 8.01. The summed E-state index contributed by atoms with van der Waals surface area (Å²) in [6, 6.07) is 8.26. The number of allylic oxidation sites excluding steroid dienone is 3. The zero-order valence-corrected chi connectivity index (χ0v) is 8.83. The van der Waals surface area contributed by atoms with Crippen molar-refractivity contribution in [1.82, 2.24) is 0 Å². The number of hydrogen-bond donors (Lipinski definition) is 0. The number of carbonyl (C=O) groups is 1. The average molecular weight is 204 g/mol. The summed E-state index contributed by atoms with van der Waals surface area (Å²) in [5.41, 5.74) is 1.14. The topological polar surface area (TPSA) is 17.1 Å². The van der Waals surface area contributed by atoms with E-state index in [1.54, 1.807) is 17.8 Å². The number of benzene rings is 1. The summed E-state index contributed by atoms with van der Waals surface area (Å²) >= 11 is 1.73. The minimum atomic E-state index is 0.765. The zero-order chi connectivity index (χ0) is 10.2. The van der Waals surface area contributed by atoms with E-state index in [9.17, 15) is 4.79 Å². The minimum absolute atomic E-state index is 0.765. The molecule has 1 aromatic rings. The van der Waals surface area contributed by atoms with Gasteiger partial charge in [-0.05, 0) is 30.0 Å². The molecule has 0 heterocycles. The molecule has 0 aliphatic rings. The van der Waals surface area contributed by atoms with Crippen LogP contribution in [0.25, 0.3) is 6.08 Å². The second-order valence-corrected chi connectivity index (χ2v) is 3.53. The molecule has 1 nitrogen and oxygen atoms in total. The molecule has 0 unspecified atom stereocenters. The molecule has 0 saturated heterocycles. The van der Waals surface area contributed by atoms with Crippen LogP contribution in [0.4, 0.5) is 0 Å². The highest BCUT2D eigenvalue weighted by molar-refractivity contribution is 7.98. The summed E-state index contributed by atoms with van der Waals surface area (Å²) in [6.07, 6.45) is 9.81. The van der Waals surface area contributed by atoms with Crippen LogP contribution in [-0.2, 0) is 4.79 Å². The first kappa shape index (κ1) is 10.8. The van der Waals surface area contributed by atoms with E-state index in [0.717, 1.165) is 11.8 Å². The second kappa shape index (κ2) is 6.22. The molecule has 0 spiro atoms. The Morgan fingerprint density at radius 2 is 1.79 bits per heavy atom. The molecule has 14 heavy (non-hydrogen) atoms. The SMILES string of the molecule is CSc1ccc(/C=C/C=C/C=O)cc1. The maximum absolute atomic E-state index is 9.98. The summed E-state index contributed by atoms with van der Waals surface area (Å²) in [5.74, 6) is 0. The van der Waals surface area contributed by atoms with Crippen molar-refractivity contribution in [1.29, 1.82) is 0 Å². The molecule has 0 radical (unpaired) electrons. The average Bonchev–Trinajstić information content (AvgIpc) is 2.25. The van der Waals surface area contributed by atoms with Crippen molar-refractivity contribution in [2.45, 2.75) is 4.90 Å². The van der Waals surface area contributed by atoms with Gasteiger partial charge < -0.3 is 0 Å². The number of hydrogen-bond acceptors (Lipinski definition) is 2. The third-order valence-corrected chi connectivity index (χ3v) is 2.45. The monoisotopic (exact) mass is 204 g/mol. The van der Waals surface area contributed by atoms with Crippen molar-refractivity contribution in [3.63, 3.8) is 0 Å². The van der Waals surface area contributed by atoms with Crippen molar-refractivity contribution < 1.29 is 4.79 Å². The fourth-order valence-corrected chi connectivity index (χ4v) is 1.40. The highest BCUT2D eigenvalue weighted by Crippen LogP contribution is 2.15. The molecule has 0 N–H and O–H groups in total. The maximum atomic E-state index is 9.98. The Balaban J connectivity index is 2.63. The lowest BCUT2D eigenvalue weighted by molar-refractivity contribution is -0.104. The van der Waals surface area contributed by atoms with Crippen molar-refractivity contribution in [3.8, 4) is 0 Å². The molecular weight excluding hydrogens is 192 g/mol. The van der Waals surface area contributed by atoms with Crippen LogP contribution in [-0.4, -0.2) is 12.5 Å². The van der Waals surface area contributed by atoms with E-state index in [2.05, 4.69) is 30.5 Å². The molecule has 0 aliphatic heterocycles. The van der Waals surface area contributed by atoms with E-state index in [1.165, 1.54) is 11.0 Å². The quantitative estimate of drug-likeness (QED) is 0.324. The van der Waals surface area contributed by atoms with Gasteiger partial charge >= 0.3 is 0 Å². The molecule has 2 heteroatoms. The standard InChI is InChI=1S/C12H12OS/c1-14-12-8-6-11(7-9-12)5-3-2-4-10-13/h2-10H,1H3/b4-2+,5-3+. The van der Waals surface area contributed by atoms with Gasteiger partial charge in [0.25, 0.3) is 0 Å². The van der Waals surface area contributed by atoms with E-state index >= 15 is 0 Å². The van der Waals surface area contributed by atoms with Crippen LogP contribution < -0.4 is 0 Å². The molecule has 1 aromatic carbocycles. The molecule has 0 aliphatic carbocycles. The Bertz CT molecular complexity index is 336. The number of thioether (sulfide) groups is 1. The number of rotatable bonds is 4. The highest BCUT2D eigenvalue weighted by atomic mass is 32.2. The Labute approximate surface area is 88.5 Å². The van der Waals surface area contributed by atoms with Crippen molar-refractivity contribution in [2.24, 2.45) is 0 Å². The molecule has 0 bridgehead atoms. The van der Waals surface area contributed by atoms with Crippen LogP contribution in [0, 0.1) is 0 Å². The normalized spacial score (nSPS) is 11.2. The smallest absolute Gasteiger partial charge is 0.142 e. The Kier molecular flexibility index (Phi) is 4.79. The largest absolute Gasteiger partial charge is 0.299 e. The summed E-state index contributed by atoms with van der Waals surface area (Å²) in [4.78, 5) is 11.2. The van der Waals surface area contributed by atoms with Gasteiger partial charge in [0.2, 0.25) is 0 Å². The molecule has 72 valence electrons. The van der Waals surface area contributed by atoms with Gasteiger partial charge in [0, 0.05) is 4.90 Å². The molecule has 0 amide bonds. The summed E-state index contributed by atoms with van der Waals surface area (Å²) in [7, 11) is 0. The van der Waals surface area contributed by atoms with Gasteiger partial charge in [0.05, 0.1) is 0 Å². The van der Waals surface area contributed by atoms with Gasteiger partial charge in [-0.2, -0.15) is 0 Å². The summed E-state index contributed by atoms with van der Waals surface area (Å²) in [6.45, 7) is 0. The van der Waals surface area contributed by atoms with Crippen LogP contribution >= 0.6 is 11.8 Å². The molecule has 0 aromatic heterocycles. The predicted octanol–water partition coefficient (Wildman–Crippen LogP) is 3.18. The fourth-order valence-electron chi connectivity index (χ4n) is 0.991. The summed E-state index contributed by atoms with van der Waals surface area (Å²) < 4.78 is 0. The molecular formula is C12H12OS. The van der Waals surface area contributed by atoms with Crippen molar-refractivity contribution >= 4 is 24.1 Å². The van der Waals surface area contributed by atoms with E-state index in [-0.39, 0.29) is 0 Å². The van der Waals surface area contributed by atoms with Gasteiger partial charge in [-0.3, -0.25) is 4.79 Å². The fraction of sp³-hybridized carbons (Fsp3) is 0.0833. The lowest BCUT2D eigenvalue weighted by Gasteiger charge is -1.95. The van der Waals surface area contributed by atoms with Crippen LogP contribution in [0.15, 0.2) is 47.4 Å². The van der Waals surface area contributed by atoms with E-state index in [1.807, 2.05) is 12.2 Å². The van der Waals surface area contributed by atoms with E-state index in [0.29, 0.717) is 0 Å². The third kappa shape index (κ3) is 3.62. The van der Waals surface area contributed by atoms with Gasteiger partial charge in [-0.1, -0.05) is 30.4 Å². The van der Waals surface area contributed by atoms with Gasteiger partial charge in [0.1, 0.15) is 6.29 Å². The first-order valence-corrected chi connectivity index (χ1v) is 5.52. The van der Waals surface area contributed by atoms with Crippen LogP contribution in [0.3, 0.4) is 0 Å². The Morgan fingerprint density at radius 3 is 2.36 bits per heavy atom. The maximum Gasteiger partial charge on any atom is 0.142 e. The third-order valence-electron chi connectivity index (χ3n) is 1.71. The number of aldehydes is 1. The molecule has 1 rings (SSSR count). The van der Waals surface area contributed by atoms with Crippen LogP contribution in [0.5, 0.6) is 0 Å². The van der Waals surface area contributed by atoms with E-state index in [4.69, 9.17) is 0 Å². The molecule has 0 fully saturated rings. The van der Waals surface area contributed by atoms with Crippen molar-refractivity contribution in [3.05, 3.63) is 48.1 Å². The van der Waals surface area contributed by atoms with Gasteiger partial charge in [0.15, 0.2) is 0 Å². The van der Waals surface area contributed by atoms with Gasteiger partial charge in [-0.25, -0.2) is 0 Å². The molecule has 0 atom stereocenters. The second-order valence-electron chi connectivity index (χ2n) is 2.65. The van der Waals surface area contributed by atoms with Gasteiger partial charge in [-0.15, -0.1) is 11.8 Å². The lowest BCUT2D eigenvalue weighted by Crippen LogP contribution is -1.72. The highest BCUT2D eigenvalue weighted by Gasteiger charge is 1.88. The number of carbonyl (C=O) groups excluding carboxylic acids is 1. The first-order valence-electron chi connectivity index (χ1n) is 4.29. The van der Waals surface area contributed by atoms with Crippen LogP contribution in [0.2, 0.25) is 0 Å². The predicted molar refractivity (Wildman–Crippen MR) is 62.5 cm³/mol. The Hall–Kier alpha value is -1.28. The Morgan fingerprint density at radius 1 is 1.07 bits per heavy atom. The first-order chi connectivity index (χ1) is 6.86. The lowest BCUT2D eigenvalue weighted by atomic mass is 10.2. The van der Waals surface area contributed by atoms with E-state index < -0.39 is 0 Å². The van der Waals surface area contributed by atoms with Crippen molar-refractivity contribution in [2.75, 3.05) is 6.26 Å².